The van der Waals surface area contributed by atoms with Crippen LogP contribution in [0.25, 0.3) is 0 Å². The molecule has 0 saturated heterocycles. The molecule has 0 aliphatic rings. The minimum Gasteiger partial charge on any atom is -0.384 e. The van der Waals surface area contributed by atoms with Crippen LogP contribution < -0.4 is 4.29 Å². The van der Waals surface area contributed by atoms with Gasteiger partial charge in [0, 0.05) is 0 Å². The summed E-state index contributed by atoms with van der Waals surface area (Å²) in [6, 6.07) is 5.40. The maximum Gasteiger partial charge on any atom is 0.164 e. The molecule has 1 rings (SSSR count). The van der Waals surface area contributed by atoms with Crippen molar-refractivity contribution >= 4 is 23.5 Å². The Morgan fingerprint density at radius 2 is 2.10 bits per heavy atom. The van der Waals surface area contributed by atoms with E-state index < -0.39 is 0 Å². The molecule has 3 heteroatoms. The second kappa shape index (κ2) is 3.13. The van der Waals surface area contributed by atoms with Crippen LogP contribution in [0.1, 0.15) is 5.56 Å². The van der Waals surface area contributed by atoms with Gasteiger partial charge >= 0.3 is 0 Å². The van der Waals surface area contributed by atoms with E-state index in [4.69, 9.17) is 23.5 Å². The van der Waals surface area contributed by atoms with Crippen LogP contribution in [0.15, 0.2) is 18.2 Å². The van der Waals surface area contributed by atoms with Crippen LogP contribution in [0.4, 0.5) is 0 Å². The molecule has 0 radical (unpaired) electrons. The van der Waals surface area contributed by atoms with Crippen molar-refractivity contribution in [3.8, 4) is 5.75 Å². The summed E-state index contributed by atoms with van der Waals surface area (Å²) in [7, 11) is 0. The molecule has 0 spiro atoms. The lowest BCUT2D eigenvalue weighted by atomic mass is 10.2. The molecule has 0 heterocycles. The van der Waals surface area contributed by atoms with Crippen molar-refractivity contribution in [2.75, 3.05) is 0 Å². The Hall–Kier alpha value is -0.400. The first-order valence-electron chi connectivity index (χ1n) is 2.79. The topological polar surface area (TPSA) is 9.23 Å². The molecule has 0 fully saturated rings. The molecule has 1 aromatic carbocycles. The fourth-order valence-electron chi connectivity index (χ4n) is 0.668. The monoisotopic (exact) mass is 176 g/mol. The first kappa shape index (κ1) is 7.70. The highest BCUT2D eigenvalue weighted by molar-refractivity contribution is 6.32. The predicted octanol–water partition coefficient (Wildman–Crippen LogP) is 3.18. The molecule has 0 aliphatic carbocycles. The average Bonchev–Trinajstić information content (AvgIpc) is 1.88. The van der Waals surface area contributed by atoms with Gasteiger partial charge in [-0.05, 0) is 24.6 Å². The van der Waals surface area contributed by atoms with Crippen LogP contribution in [0.2, 0.25) is 5.02 Å². The highest BCUT2D eigenvalue weighted by Crippen LogP contribution is 2.25. The second-order valence-corrected chi connectivity index (χ2v) is 2.57. The third-order valence-corrected chi connectivity index (χ3v) is 1.63. The van der Waals surface area contributed by atoms with Crippen molar-refractivity contribution in [2.24, 2.45) is 0 Å². The molecule has 54 valence electrons. The number of rotatable bonds is 1. The molecule has 0 atom stereocenters. The summed E-state index contributed by atoms with van der Waals surface area (Å²) in [6.07, 6.45) is 0. The van der Waals surface area contributed by atoms with E-state index in [9.17, 15) is 0 Å². The standard InChI is InChI=1S/C7H6Cl2O/c1-5-2-3-7(10-9)6(8)4-5/h2-4H,1H3. The molecule has 1 nitrogen and oxygen atoms in total. The van der Waals surface area contributed by atoms with Gasteiger partial charge in [-0.2, -0.15) is 0 Å². The average molecular weight is 177 g/mol. The molecule has 0 saturated carbocycles. The minimum absolute atomic E-state index is 0.494. The fraction of sp³-hybridized carbons (Fsp3) is 0.143. The summed E-state index contributed by atoms with van der Waals surface area (Å²) >= 11 is 10.8. The number of benzene rings is 1. The molecule has 0 aromatic heterocycles. The van der Waals surface area contributed by atoms with Gasteiger partial charge < -0.3 is 4.29 Å². The van der Waals surface area contributed by atoms with E-state index in [2.05, 4.69) is 4.29 Å². The summed E-state index contributed by atoms with van der Waals surface area (Å²) in [5.74, 6) is 0.494. The number of hydrogen-bond donors (Lipinski definition) is 0. The van der Waals surface area contributed by atoms with Gasteiger partial charge in [-0.1, -0.05) is 17.7 Å². The normalized spacial score (nSPS) is 9.50. The molecule has 0 aliphatic heterocycles. The zero-order valence-electron chi connectivity index (χ0n) is 5.40. The van der Waals surface area contributed by atoms with Gasteiger partial charge in [-0.25, -0.2) is 0 Å². The Balaban J connectivity index is 3.07. The summed E-state index contributed by atoms with van der Waals surface area (Å²) in [4.78, 5) is 0. The molecular formula is C7H6Cl2O. The molecular weight excluding hydrogens is 171 g/mol. The van der Waals surface area contributed by atoms with Gasteiger partial charge in [0.05, 0.1) is 5.02 Å². The van der Waals surface area contributed by atoms with Crippen LogP contribution in [0.3, 0.4) is 0 Å². The lowest BCUT2D eigenvalue weighted by molar-refractivity contribution is 0.619. The highest BCUT2D eigenvalue weighted by atomic mass is 35.5. The third kappa shape index (κ3) is 1.55. The minimum atomic E-state index is 0.494. The lowest BCUT2D eigenvalue weighted by Crippen LogP contribution is -1.77. The van der Waals surface area contributed by atoms with Gasteiger partial charge in [-0.15, -0.1) is 0 Å². The van der Waals surface area contributed by atoms with Crippen molar-refractivity contribution in [1.82, 2.24) is 0 Å². The predicted molar refractivity (Wildman–Crippen MR) is 42.7 cm³/mol. The van der Waals surface area contributed by atoms with E-state index >= 15 is 0 Å². The van der Waals surface area contributed by atoms with E-state index in [1.165, 1.54) is 0 Å². The Morgan fingerprint density at radius 1 is 1.40 bits per heavy atom. The number of aryl methyl sites for hydroxylation is 1. The first-order chi connectivity index (χ1) is 4.74. The van der Waals surface area contributed by atoms with E-state index in [0.717, 1.165) is 5.56 Å². The van der Waals surface area contributed by atoms with Crippen LogP contribution in [-0.4, -0.2) is 0 Å². The van der Waals surface area contributed by atoms with E-state index in [1.807, 2.05) is 13.0 Å². The Kier molecular flexibility index (Phi) is 2.41. The quantitative estimate of drug-likeness (QED) is 0.639. The molecule has 0 amide bonds. The largest absolute Gasteiger partial charge is 0.384 e. The first-order valence-corrected chi connectivity index (χ1v) is 3.47. The molecule has 10 heavy (non-hydrogen) atoms. The zero-order valence-corrected chi connectivity index (χ0v) is 6.91. The molecule has 0 unspecified atom stereocenters. The molecule has 0 bridgehead atoms. The number of hydrogen-bond acceptors (Lipinski definition) is 1. The van der Waals surface area contributed by atoms with Gasteiger partial charge in [0.15, 0.2) is 5.75 Å². The Labute approximate surface area is 69.7 Å². The van der Waals surface area contributed by atoms with Crippen molar-refractivity contribution < 1.29 is 4.29 Å². The molecule has 1 aromatic rings. The van der Waals surface area contributed by atoms with E-state index in [-0.39, 0.29) is 0 Å². The molecule has 0 N–H and O–H groups in total. The summed E-state index contributed by atoms with van der Waals surface area (Å²) in [6.45, 7) is 1.95. The van der Waals surface area contributed by atoms with Crippen molar-refractivity contribution in [3.05, 3.63) is 28.8 Å². The van der Waals surface area contributed by atoms with Gasteiger partial charge in [0.1, 0.15) is 11.9 Å². The third-order valence-electron chi connectivity index (χ3n) is 1.17. The maximum absolute atomic E-state index is 5.72. The Bertz CT molecular complexity index is 235. The number of halogens is 2. The highest BCUT2D eigenvalue weighted by Gasteiger charge is 1.98. The van der Waals surface area contributed by atoms with Gasteiger partial charge in [0.2, 0.25) is 0 Å². The lowest BCUT2D eigenvalue weighted by Gasteiger charge is -1.98. The van der Waals surface area contributed by atoms with Crippen LogP contribution in [0.5, 0.6) is 5.75 Å². The smallest absolute Gasteiger partial charge is 0.164 e. The van der Waals surface area contributed by atoms with Crippen molar-refractivity contribution in [1.29, 1.82) is 0 Å². The van der Waals surface area contributed by atoms with Crippen LogP contribution in [-0.2, 0) is 0 Å². The second-order valence-electron chi connectivity index (χ2n) is 2.01. The summed E-state index contributed by atoms with van der Waals surface area (Å²) < 4.78 is 4.44. The Morgan fingerprint density at radius 3 is 2.60 bits per heavy atom. The maximum atomic E-state index is 5.72. The van der Waals surface area contributed by atoms with Crippen LogP contribution >= 0.6 is 23.5 Å². The van der Waals surface area contributed by atoms with E-state index in [0.29, 0.717) is 10.8 Å². The SMILES string of the molecule is Cc1ccc(OCl)c(Cl)c1. The summed E-state index contributed by atoms with van der Waals surface area (Å²) in [5.41, 5.74) is 1.09. The van der Waals surface area contributed by atoms with Gasteiger partial charge in [-0.3, -0.25) is 0 Å². The van der Waals surface area contributed by atoms with Crippen LogP contribution in [0, 0.1) is 6.92 Å². The van der Waals surface area contributed by atoms with Crippen molar-refractivity contribution in [2.45, 2.75) is 6.92 Å². The zero-order chi connectivity index (χ0) is 7.56. The summed E-state index contributed by atoms with van der Waals surface area (Å²) in [5, 5.41) is 0.537. The van der Waals surface area contributed by atoms with Crippen molar-refractivity contribution in [3.63, 3.8) is 0 Å². The fourth-order valence-corrected chi connectivity index (χ4v) is 1.12. The van der Waals surface area contributed by atoms with Gasteiger partial charge in [0.25, 0.3) is 0 Å². The van der Waals surface area contributed by atoms with E-state index in [1.54, 1.807) is 12.1 Å².